The highest BCUT2D eigenvalue weighted by Gasteiger charge is 2.45. The number of rotatable bonds is 25. The van der Waals surface area contributed by atoms with Gasteiger partial charge in [0.05, 0.1) is 92.9 Å². The summed E-state index contributed by atoms with van der Waals surface area (Å²) in [5.74, 6) is -3.80. The number of hydrogen-bond acceptors (Lipinski definition) is 16. The summed E-state index contributed by atoms with van der Waals surface area (Å²) in [4.78, 5) is 81.5. The second kappa shape index (κ2) is 24.6. The molecule has 75 heavy (non-hydrogen) atoms. The fourth-order valence-electron chi connectivity index (χ4n) is 9.35. The average molecular weight is 1060 g/mol. The molecule has 8 rings (SSSR count). The van der Waals surface area contributed by atoms with Crippen molar-refractivity contribution in [2.75, 3.05) is 107 Å². The molecule has 0 radical (unpaired) electrons. The molecule has 3 aromatic heterocycles. The SMILES string of the molecule is CCCS(=O)(=O)N(C)c1ccc(F)c(-n2cc(-c3cncnc3)c3nc(N(C)C4CCN(C(=O)CCOCCOCCOCCOCCNc5cccc6c5C(=O)N(C5CCC(=O)NC5=O)C6=O)CC4)ccc32)c1F. The molecule has 2 aromatic carbocycles. The Bertz CT molecular complexity index is 3010. The lowest BCUT2D eigenvalue weighted by Gasteiger charge is -2.37. The van der Waals surface area contributed by atoms with Gasteiger partial charge in [-0.15, -0.1) is 0 Å². The smallest absolute Gasteiger partial charge is 0.264 e. The molecule has 21 nitrogen and oxygen atoms in total. The van der Waals surface area contributed by atoms with E-state index in [-0.39, 0.29) is 60.4 Å². The van der Waals surface area contributed by atoms with Gasteiger partial charge in [0.15, 0.2) is 5.82 Å². The van der Waals surface area contributed by atoms with E-state index in [9.17, 15) is 32.4 Å². The van der Waals surface area contributed by atoms with Crippen LogP contribution in [0.3, 0.4) is 0 Å². The lowest BCUT2D eigenvalue weighted by atomic mass is 10.0. The first kappa shape index (κ1) is 54.3. The molecule has 2 saturated heterocycles. The number of piperidine rings is 2. The van der Waals surface area contributed by atoms with Gasteiger partial charge in [-0.3, -0.25) is 38.5 Å². The van der Waals surface area contributed by atoms with E-state index < -0.39 is 57.0 Å². The van der Waals surface area contributed by atoms with Crippen molar-refractivity contribution in [1.29, 1.82) is 0 Å². The summed E-state index contributed by atoms with van der Waals surface area (Å²) in [6.45, 7) is 5.64. The Labute approximate surface area is 432 Å². The van der Waals surface area contributed by atoms with E-state index in [1.165, 1.54) is 24.0 Å². The second-order valence-electron chi connectivity index (χ2n) is 18.1. The summed E-state index contributed by atoms with van der Waals surface area (Å²) >= 11 is 0. The van der Waals surface area contributed by atoms with Gasteiger partial charge < -0.3 is 38.6 Å². The number of pyridine rings is 1. The molecule has 1 unspecified atom stereocenters. The summed E-state index contributed by atoms with van der Waals surface area (Å²) in [5.41, 5.74) is 1.97. The van der Waals surface area contributed by atoms with E-state index in [1.54, 1.807) is 49.8 Å². The third kappa shape index (κ3) is 12.3. The maximum Gasteiger partial charge on any atom is 0.264 e. The van der Waals surface area contributed by atoms with Crippen LogP contribution < -0.4 is 19.8 Å². The third-order valence-corrected chi connectivity index (χ3v) is 15.3. The van der Waals surface area contributed by atoms with Gasteiger partial charge in [-0.25, -0.2) is 32.2 Å². The predicted octanol–water partition coefficient (Wildman–Crippen LogP) is 4.33. The Morgan fingerprint density at radius 1 is 0.840 bits per heavy atom. The minimum Gasteiger partial charge on any atom is -0.382 e. The lowest BCUT2D eigenvalue weighted by molar-refractivity contribution is -0.136. The molecule has 2 fully saturated rings. The van der Waals surface area contributed by atoms with Crippen molar-refractivity contribution < 1.29 is 60.1 Å². The van der Waals surface area contributed by atoms with Crippen LogP contribution in [0.25, 0.3) is 27.8 Å². The highest BCUT2D eigenvalue weighted by atomic mass is 32.2. The first-order valence-electron chi connectivity index (χ1n) is 24.8. The maximum absolute atomic E-state index is 16.3. The highest BCUT2D eigenvalue weighted by molar-refractivity contribution is 7.92. The van der Waals surface area contributed by atoms with Crippen molar-refractivity contribution in [1.82, 2.24) is 34.6 Å². The van der Waals surface area contributed by atoms with Crippen molar-refractivity contribution >= 4 is 67.8 Å². The number of likely N-dealkylation sites (tertiary alicyclic amines) is 1. The van der Waals surface area contributed by atoms with Crippen LogP contribution in [-0.4, -0.2) is 172 Å². The average Bonchev–Trinajstić information content (AvgIpc) is 3.90. The summed E-state index contributed by atoms with van der Waals surface area (Å²) in [7, 11) is -0.697. The number of fused-ring (bicyclic) bond motifs is 2. The zero-order valence-corrected chi connectivity index (χ0v) is 42.8. The van der Waals surface area contributed by atoms with Gasteiger partial charge in [0, 0.05) is 81.6 Å². The molecule has 3 aliphatic rings. The topological polar surface area (TPSA) is 237 Å². The number of sulfonamides is 1. The molecule has 400 valence electrons. The van der Waals surface area contributed by atoms with Crippen molar-refractivity contribution in [3.05, 3.63) is 90.1 Å². The molecule has 0 bridgehead atoms. The number of anilines is 3. The molecular weight excluding hydrogens is 999 g/mol. The summed E-state index contributed by atoms with van der Waals surface area (Å²) in [5, 5.41) is 5.32. The molecule has 2 N–H and O–H groups in total. The molecule has 1 atom stereocenters. The molecule has 3 aliphatic heterocycles. The Morgan fingerprint density at radius 2 is 1.52 bits per heavy atom. The van der Waals surface area contributed by atoms with Crippen molar-refractivity contribution in [2.45, 2.75) is 57.5 Å². The molecule has 24 heteroatoms. The van der Waals surface area contributed by atoms with Gasteiger partial charge in [0.2, 0.25) is 27.7 Å². The molecule has 6 heterocycles. The summed E-state index contributed by atoms with van der Waals surface area (Å²) < 4.78 is 82.4. The van der Waals surface area contributed by atoms with Gasteiger partial charge >= 0.3 is 0 Å². The molecule has 0 saturated carbocycles. The van der Waals surface area contributed by atoms with Crippen LogP contribution in [0, 0.1) is 11.6 Å². The monoisotopic (exact) mass is 1060 g/mol. The summed E-state index contributed by atoms with van der Waals surface area (Å²) in [6.07, 6.45) is 8.10. The van der Waals surface area contributed by atoms with Crippen molar-refractivity contribution in [2.24, 2.45) is 0 Å². The minimum absolute atomic E-state index is 0.00902. The molecule has 5 aromatic rings. The number of amides is 5. The van der Waals surface area contributed by atoms with E-state index in [0.29, 0.717) is 119 Å². The number of ether oxygens (including phenoxy) is 4. The van der Waals surface area contributed by atoms with Gasteiger partial charge in [-0.05, 0) is 62.1 Å². The fraction of sp³-hybridized carbons (Fsp3) is 0.451. The highest BCUT2D eigenvalue weighted by Crippen LogP contribution is 2.37. The van der Waals surface area contributed by atoms with Gasteiger partial charge in [0.25, 0.3) is 11.8 Å². The van der Waals surface area contributed by atoms with Crippen molar-refractivity contribution in [3.63, 3.8) is 0 Å². The largest absolute Gasteiger partial charge is 0.382 e. The van der Waals surface area contributed by atoms with E-state index in [2.05, 4.69) is 20.6 Å². The number of nitrogens with one attached hydrogen (secondary N) is 2. The first-order chi connectivity index (χ1) is 36.2. The van der Waals surface area contributed by atoms with Crippen LogP contribution >= 0.6 is 0 Å². The normalized spacial score (nSPS) is 16.2. The number of imide groups is 2. The fourth-order valence-corrected chi connectivity index (χ4v) is 10.6. The summed E-state index contributed by atoms with van der Waals surface area (Å²) in [6, 6.07) is 9.51. The number of aromatic nitrogens is 4. The molecule has 0 spiro atoms. The third-order valence-electron chi connectivity index (χ3n) is 13.3. The van der Waals surface area contributed by atoms with Crippen LogP contribution in [0.2, 0.25) is 0 Å². The van der Waals surface area contributed by atoms with Crippen LogP contribution in [0.4, 0.5) is 26.0 Å². The zero-order chi connectivity index (χ0) is 53.2. The Hall–Kier alpha value is -6.99. The van der Waals surface area contributed by atoms with E-state index in [1.807, 2.05) is 16.8 Å². The van der Waals surface area contributed by atoms with E-state index in [4.69, 9.17) is 23.9 Å². The number of nitrogens with zero attached hydrogens (tertiary/aromatic N) is 8. The molecule has 5 amide bonds. The molecular formula is C51H60F2N10O11S. The number of halogens is 2. The van der Waals surface area contributed by atoms with E-state index >= 15 is 8.78 Å². The predicted molar refractivity (Wildman–Crippen MR) is 272 cm³/mol. The minimum atomic E-state index is -3.86. The van der Waals surface area contributed by atoms with Gasteiger partial charge in [-0.1, -0.05) is 13.0 Å². The van der Waals surface area contributed by atoms with Crippen LogP contribution in [0.1, 0.15) is 66.2 Å². The van der Waals surface area contributed by atoms with Crippen LogP contribution in [-0.2, 0) is 43.4 Å². The maximum atomic E-state index is 16.3. The Morgan fingerprint density at radius 3 is 2.20 bits per heavy atom. The first-order valence-corrected chi connectivity index (χ1v) is 26.4. The number of hydrogen-bond donors (Lipinski definition) is 2. The zero-order valence-electron chi connectivity index (χ0n) is 42.0. The number of carbonyl (C=O) groups is 5. The van der Waals surface area contributed by atoms with Gasteiger partial charge in [0.1, 0.15) is 29.7 Å². The Balaban J connectivity index is 0.717. The van der Waals surface area contributed by atoms with E-state index in [0.717, 1.165) is 21.3 Å². The Kier molecular flexibility index (Phi) is 17.8. The molecule has 0 aliphatic carbocycles. The standard InChI is InChI=1S/C51H60F2N10O11S/c1-4-28-75(69,70)60(3)39-9-8-37(52)48(46(39)53)62-31-36(33-29-54-32-55-30-33)47-40(62)10-12-42(57-47)59(2)34-14-18-61(19-15-34)44(65)16-20-71-22-24-73-26-27-74-25-23-72-21-17-56-38-7-5-6-35-45(38)51(68)63(50(35)67)41-11-13-43(64)58-49(41)66/h5-10,12,29-32,34,41,56H,4,11,13-28H2,1-3H3,(H,58,64,66). The second-order valence-corrected chi connectivity index (χ2v) is 20.2. The number of benzene rings is 2. The quantitative estimate of drug-likeness (QED) is 0.0611. The van der Waals surface area contributed by atoms with Crippen molar-refractivity contribution in [3.8, 4) is 16.8 Å². The lowest BCUT2D eigenvalue weighted by Crippen LogP contribution is -2.54. The van der Waals surface area contributed by atoms with Gasteiger partial charge in [-0.2, -0.15) is 0 Å². The van der Waals surface area contributed by atoms with Crippen LogP contribution in [0.15, 0.2) is 67.4 Å². The number of carbonyl (C=O) groups excluding carboxylic acids is 5. The van der Waals surface area contributed by atoms with Crippen LogP contribution in [0.5, 0.6) is 0 Å².